The minimum absolute atomic E-state index is 0.00613. The minimum Gasteiger partial charge on any atom is -0.507 e. The van der Waals surface area contributed by atoms with Gasteiger partial charge in [0, 0.05) is 11.3 Å². The molecule has 1 amide bonds. The summed E-state index contributed by atoms with van der Waals surface area (Å²) in [4.78, 5) is 28.6. The number of aliphatic hydroxyl groups excluding tert-OH is 1. The van der Waals surface area contributed by atoms with Gasteiger partial charge < -0.3 is 9.84 Å². The fraction of sp³-hybridized carbons (Fsp3) is 0.353. The Bertz CT molecular complexity index is 1410. The molecule has 3 aromatic carbocycles. The molecule has 1 atom stereocenters. The van der Waals surface area contributed by atoms with Gasteiger partial charge in [-0.1, -0.05) is 71.0 Å². The van der Waals surface area contributed by atoms with Crippen LogP contribution in [0.2, 0.25) is 0 Å². The van der Waals surface area contributed by atoms with Crippen LogP contribution < -0.4 is 9.64 Å². The van der Waals surface area contributed by atoms with Crippen molar-refractivity contribution in [3.63, 3.8) is 0 Å². The summed E-state index contributed by atoms with van der Waals surface area (Å²) in [5.41, 5.74) is 4.97. The highest BCUT2D eigenvalue weighted by Crippen LogP contribution is 2.43. The molecule has 5 heteroatoms. The Labute approximate surface area is 232 Å². The third kappa shape index (κ3) is 5.63. The maximum atomic E-state index is 13.6. The highest BCUT2D eigenvalue weighted by molar-refractivity contribution is 6.51. The average molecular weight is 526 g/mol. The summed E-state index contributed by atoms with van der Waals surface area (Å²) >= 11 is 0. The van der Waals surface area contributed by atoms with Crippen LogP contribution in [0.3, 0.4) is 0 Å². The number of aliphatic hydroxyl groups is 1. The first-order valence-electron chi connectivity index (χ1n) is 13.6. The lowest BCUT2D eigenvalue weighted by molar-refractivity contribution is -0.132. The van der Waals surface area contributed by atoms with Crippen molar-refractivity contribution in [3.05, 3.63) is 100 Å². The van der Waals surface area contributed by atoms with Gasteiger partial charge in [-0.15, -0.1) is 0 Å². The van der Waals surface area contributed by atoms with Gasteiger partial charge in [0.15, 0.2) is 0 Å². The summed E-state index contributed by atoms with van der Waals surface area (Å²) in [5, 5.41) is 11.5. The highest BCUT2D eigenvalue weighted by atomic mass is 16.5. The van der Waals surface area contributed by atoms with Crippen LogP contribution in [-0.2, 0) is 15.0 Å². The number of carbonyl (C=O) groups is 2. The van der Waals surface area contributed by atoms with E-state index in [-0.39, 0.29) is 22.9 Å². The van der Waals surface area contributed by atoms with Crippen LogP contribution in [0.1, 0.15) is 88.2 Å². The normalized spacial score (nSPS) is 17.4. The topological polar surface area (TPSA) is 66.8 Å². The van der Waals surface area contributed by atoms with Crippen LogP contribution in [0.15, 0.2) is 72.3 Å². The number of hydrogen-bond acceptors (Lipinski definition) is 4. The highest BCUT2D eigenvalue weighted by Gasteiger charge is 2.47. The van der Waals surface area contributed by atoms with E-state index in [4.69, 9.17) is 4.74 Å². The number of rotatable bonds is 6. The first-order chi connectivity index (χ1) is 18.3. The lowest BCUT2D eigenvalue weighted by Crippen LogP contribution is -2.29. The molecule has 0 radical (unpaired) electrons. The number of nitrogens with zero attached hydrogens (tertiary/aromatic N) is 1. The summed E-state index contributed by atoms with van der Waals surface area (Å²) in [5.74, 6) is -0.512. The Kier molecular flexibility index (Phi) is 7.74. The number of Topliss-reactive ketones (excluding diaryl/α,β-unsaturated/α-hetero) is 1. The first-order valence-corrected chi connectivity index (χ1v) is 13.6. The maximum Gasteiger partial charge on any atom is 0.300 e. The zero-order valence-electron chi connectivity index (χ0n) is 24.2. The van der Waals surface area contributed by atoms with Crippen molar-refractivity contribution in [3.8, 4) is 5.75 Å². The molecular weight excluding hydrogens is 486 g/mol. The van der Waals surface area contributed by atoms with Crippen molar-refractivity contribution in [2.45, 2.75) is 78.9 Å². The van der Waals surface area contributed by atoms with Gasteiger partial charge >= 0.3 is 0 Å². The van der Waals surface area contributed by atoms with Crippen molar-refractivity contribution < 1.29 is 19.4 Å². The van der Waals surface area contributed by atoms with E-state index in [1.54, 1.807) is 18.2 Å². The van der Waals surface area contributed by atoms with Gasteiger partial charge in [-0.25, -0.2) is 0 Å². The molecule has 0 bridgehead atoms. The molecule has 0 aromatic heterocycles. The molecule has 1 aliphatic rings. The second-order valence-electron chi connectivity index (χ2n) is 11.9. The molecule has 1 saturated heterocycles. The van der Waals surface area contributed by atoms with Crippen LogP contribution in [0, 0.1) is 6.92 Å². The van der Waals surface area contributed by atoms with Crippen LogP contribution >= 0.6 is 0 Å². The van der Waals surface area contributed by atoms with E-state index in [2.05, 4.69) is 34.6 Å². The molecule has 1 heterocycles. The molecular formula is C34H39NO4. The first kappa shape index (κ1) is 28.2. The standard InChI is InChI=1S/C34H39NO4/c1-20(2)23-11-16-27(17-12-23)35-30(24-9-14-26(15-10-24)34(6,7)8)29(32(37)33(35)38)31(36)25-13-18-28(22(5)19-25)39-21(3)4/h9-21,30,36H,1-8H3/b31-29-. The lowest BCUT2D eigenvalue weighted by Gasteiger charge is -2.27. The van der Waals surface area contributed by atoms with Crippen LogP contribution in [0.4, 0.5) is 5.69 Å². The van der Waals surface area contributed by atoms with Gasteiger partial charge in [-0.05, 0) is 84.7 Å². The van der Waals surface area contributed by atoms with Gasteiger partial charge in [0.05, 0.1) is 17.7 Å². The lowest BCUT2D eigenvalue weighted by atomic mass is 9.85. The number of aryl methyl sites for hydroxylation is 1. The monoisotopic (exact) mass is 525 g/mol. The summed E-state index contributed by atoms with van der Waals surface area (Å²) < 4.78 is 5.85. The second kappa shape index (κ2) is 10.7. The Morgan fingerprint density at radius 1 is 0.897 bits per heavy atom. The van der Waals surface area contributed by atoms with Crippen molar-refractivity contribution in [2.75, 3.05) is 4.90 Å². The van der Waals surface area contributed by atoms with Crippen LogP contribution in [0.5, 0.6) is 5.75 Å². The summed E-state index contributed by atoms with van der Waals surface area (Å²) in [6.07, 6.45) is 0.00613. The Morgan fingerprint density at radius 2 is 1.51 bits per heavy atom. The van der Waals surface area contributed by atoms with Crippen molar-refractivity contribution >= 4 is 23.1 Å². The number of ether oxygens (including phenoxy) is 1. The summed E-state index contributed by atoms with van der Waals surface area (Å²) in [7, 11) is 0. The van der Waals surface area contributed by atoms with Gasteiger partial charge in [0.25, 0.3) is 11.7 Å². The van der Waals surface area contributed by atoms with E-state index in [9.17, 15) is 14.7 Å². The average Bonchev–Trinajstić information content (AvgIpc) is 3.14. The Hall–Kier alpha value is -3.86. The third-order valence-electron chi connectivity index (χ3n) is 7.19. The smallest absolute Gasteiger partial charge is 0.300 e. The van der Waals surface area contributed by atoms with E-state index in [1.807, 2.05) is 69.3 Å². The fourth-order valence-electron chi connectivity index (χ4n) is 4.94. The molecule has 39 heavy (non-hydrogen) atoms. The fourth-order valence-corrected chi connectivity index (χ4v) is 4.94. The third-order valence-corrected chi connectivity index (χ3v) is 7.19. The number of amides is 1. The molecule has 3 aromatic rings. The molecule has 0 aliphatic carbocycles. The molecule has 1 unspecified atom stereocenters. The van der Waals surface area contributed by atoms with E-state index in [0.29, 0.717) is 22.9 Å². The van der Waals surface area contributed by atoms with Gasteiger partial charge in [-0.3, -0.25) is 14.5 Å². The Morgan fingerprint density at radius 3 is 2.03 bits per heavy atom. The molecule has 1 fully saturated rings. The largest absolute Gasteiger partial charge is 0.507 e. The molecule has 0 saturated carbocycles. The molecule has 204 valence electrons. The predicted molar refractivity (Wildman–Crippen MR) is 157 cm³/mol. The number of ketones is 1. The number of hydrogen-bond donors (Lipinski definition) is 1. The van der Waals surface area contributed by atoms with Crippen LogP contribution in [-0.4, -0.2) is 22.9 Å². The zero-order valence-corrected chi connectivity index (χ0v) is 24.2. The van der Waals surface area contributed by atoms with Crippen molar-refractivity contribution in [1.29, 1.82) is 0 Å². The number of carbonyl (C=O) groups excluding carboxylic acids is 2. The van der Waals surface area contributed by atoms with Crippen molar-refractivity contribution in [1.82, 2.24) is 0 Å². The van der Waals surface area contributed by atoms with Gasteiger partial charge in [-0.2, -0.15) is 0 Å². The summed E-state index contributed by atoms with van der Waals surface area (Å²) in [6, 6.07) is 20.2. The van der Waals surface area contributed by atoms with E-state index >= 15 is 0 Å². The quantitative estimate of drug-likeness (QED) is 0.202. The predicted octanol–water partition coefficient (Wildman–Crippen LogP) is 7.83. The molecule has 0 spiro atoms. The molecule has 4 rings (SSSR count). The second-order valence-corrected chi connectivity index (χ2v) is 11.9. The summed E-state index contributed by atoms with van der Waals surface area (Å²) in [6.45, 7) is 16.4. The minimum atomic E-state index is -0.768. The Balaban J connectivity index is 1.88. The van der Waals surface area contributed by atoms with E-state index < -0.39 is 17.7 Å². The van der Waals surface area contributed by atoms with Gasteiger partial charge in [0.1, 0.15) is 11.5 Å². The van der Waals surface area contributed by atoms with Crippen molar-refractivity contribution in [2.24, 2.45) is 0 Å². The number of anilines is 1. The SMILES string of the molecule is Cc1cc(/C(O)=C2/C(=O)C(=O)N(c3ccc(C(C)C)cc3)C2c2ccc(C(C)(C)C)cc2)ccc1OC(C)C. The maximum absolute atomic E-state index is 13.6. The van der Waals surface area contributed by atoms with E-state index in [1.165, 1.54) is 4.90 Å². The van der Waals surface area contributed by atoms with Crippen LogP contribution in [0.25, 0.3) is 5.76 Å². The van der Waals surface area contributed by atoms with E-state index in [0.717, 1.165) is 22.3 Å². The number of benzene rings is 3. The molecule has 1 N–H and O–H groups in total. The molecule has 5 nitrogen and oxygen atoms in total. The zero-order chi connectivity index (χ0) is 28.6. The van der Waals surface area contributed by atoms with Gasteiger partial charge in [0.2, 0.25) is 0 Å². The molecule has 1 aliphatic heterocycles.